The van der Waals surface area contributed by atoms with Crippen LogP contribution < -0.4 is 5.32 Å². The van der Waals surface area contributed by atoms with E-state index in [2.05, 4.69) is 10.7 Å². The number of carboxylic acid groups (broad SMARTS) is 1. The summed E-state index contributed by atoms with van der Waals surface area (Å²) >= 11 is 1.07. The minimum atomic E-state index is -1.06. The smallest absolute Gasteiger partial charge is 0.338 e. The summed E-state index contributed by atoms with van der Waals surface area (Å²) in [6.07, 6.45) is 0. The van der Waals surface area contributed by atoms with Crippen molar-refractivity contribution in [1.82, 2.24) is 0 Å². The second-order valence-electron chi connectivity index (χ2n) is 2.09. The summed E-state index contributed by atoms with van der Waals surface area (Å²) in [5.41, 5.74) is 0.0789. The van der Waals surface area contributed by atoms with Crippen LogP contribution in [0.3, 0.4) is 0 Å². The molecule has 0 saturated carbocycles. The molecule has 0 atom stereocenters. The maximum atomic E-state index is 10.6. The van der Waals surface area contributed by atoms with Crippen molar-refractivity contribution in [2.45, 2.75) is 6.92 Å². The lowest BCUT2D eigenvalue weighted by Crippen LogP contribution is -2.07. The molecule has 2 N–H and O–H groups in total. The Balaban J connectivity index is 2.91. The van der Waals surface area contributed by atoms with E-state index in [1.807, 2.05) is 0 Å². The lowest BCUT2D eigenvalue weighted by atomic mass is 10.3. The average Bonchev–Trinajstić information content (AvgIpc) is 2.33. The van der Waals surface area contributed by atoms with Crippen LogP contribution in [-0.2, 0) is 4.79 Å². The minimum absolute atomic E-state index is 0.0789. The Morgan fingerprint density at radius 3 is 2.83 bits per heavy atom. The fraction of sp³-hybridized carbons (Fsp3) is 0.143. The molecule has 0 spiro atoms. The first kappa shape index (κ1) is 8.73. The molecule has 1 radical (unpaired) electrons. The van der Waals surface area contributed by atoms with Gasteiger partial charge < -0.3 is 10.4 Å². The van der Waals surface area contributed by atoms with Crippen molar-refractivity contribution in [3.63, 3.8) is 0 Å². The third-order valence-electron chi connectivity index (χ3n) is 1.13. The minimum Gasteiger partial charge on any atom is -0.478 e. The molecule has 4 nitrogen and oxygen atoms in total. The summed E-state index contributed by atoms with van der Waals surface area (Å²) in [6, 6.07) is 1.33. The van der Waals surface area contributed by atoms with Crippen LogP contribution in [0, 0.1) is 5.38 Å². The summed E-state index contributed by atoms with van der Waals surface area (Å²) in [5.74, 6) is -1.34. The highest BCUT2D eigenvalue weighted by atomic mass is 32.1. The standard InChI is InChI=1S/C7H6NO3S/c1-4(9)8-6-5(7(10)11)2-3-12-6/h2H,1H3,(H,8,9)(H,10,11). The number of hydrogen-bond donors (Lipinski definition) is 2. The van der Waals surface area contributed by atoms with Crippen molar-refractivity contribution in [1.29, 1.82) is 0 Å². The number of aromatic carboxylic acids is 1. The first-order chi connectivity index (χ1) is 5.61. The molecule has 0 aliphatic rings. The Kier molecular flexibility index (Phi) is 2.44. The number of carbonyl (C=O) groups excluding carboxylic acids is 1. The number of carboxylic acids is 1. The first-order valence-corrected chi connectivity index (χ1v) is 3.93. The van der Waals surface area contributed by atoms with E-state index in [-0.39, 0.29) is 11.5 Å². The molecule has 0 saturated heterocycles. The van der Waals surface area contributed by atoms with E-state index in [0.29, 0.717) is 5.00 Å². The fourth-order valence-corrected chi connectivity index (χ4v) is 1.43. The number of nitrogens with one attached hydrogen (secondary N) is 1. The van der Waals surface area contributed by atoms with Crippen molar-refractivity contribution in [3.8, 4) is 0 Å². The number of rotatable bonds is 2. The lowest BCUT2D eigenvalue weighted by Gasteiger charge is -1.98. The fourth-order valence-electron chi connectivity index (χ4n) is 0.679. The number of amides is 1. The Hall–Kier alpha value is -1.36. The van der Waals surface area contributed by atoms with Crippen LogP contribution in [0.2, 0.25) is 0 Å². The van der Waals surface area contributed by atoms with Crippen LogP contribution in [0.25, 0.3) is 0 Å². The van der Waals surface area contributed by atoms with E-state index in [1.54, 1.807) is 0 Å². The van der Waals surface area contributed by atoms with Crippen LogP contribution in [0.15, 0.2) is 6.07 Å². The zero-order valence-electron chi connectivity index (χ0n) is 6.25. The van der Waals surface area contributed by atoms with Gasteiger partial charge in [0.2, 0.25) is 5.91 Å². The van der Waals surface area contributed by atoms with Gasteiger partial charge in [0.1, 0.15) is 5.00 Å². The number of thiophene rings is 1. The molecule has 0 bridgehead atoms. The Morgan fingerprint density at radius 1 is 1.67 bits per heavy atom. The molecule has 12 heavy (non-hydrogen) atoms. The first-order valence-electron chi connectivity index (χ1n) is 3.12. The van der Waals surface area contributed by atoms with E-state index in [0.717, 1.165) is 11.3 Å². The number of anilines is 1. The van der Waals surface area contributed by atoms with Crippen LogP contribution in [0.4, 0.5) is 5.00 Å². The van der Waals surface area contributed by atoms with Gasteiger partial charge in [-0.3, -0.25) is 4.79 Å². The van der Waals surface area contributed by atoms with E-state index in [4.69, 9.17) is 5.11 Å². The molecule has 5 heteroatoms. The zero-order chi connectivity index (χ0) is 9.14. The van der Waals surface area contributed by atoms with Gasteiger partial charge in [-0.15, -0.1) is 11.3 Å². The van der Waals surface area contributed by atoms with Crippen molar-refractivity contribution in [2.75, 3.05) is 5.32 Å². The van der Waals surface area contributed by atoms with E-state index < -0.39 is 5.97 Å². The van der Waals surface area contributed by atoms with Gasteiger partial charge >= 0.3 is 5.97 Å². The predicted octanol–water partition coefficient (Wildman–Crippen LogP) is 1.20. The van der Waals surface area contributed by atoms with Crippen LogP contribution in [0.1, 0.15) is 17.3 Å². The Bertz CT molecular complexity index is 318. The SMILES string of the molecule is CC(=O)Nc1s[c]cc1C(=O)O. The van der Waals surface area contributed by atoms with Gasteiger partial charge in [-0.05, 0) is 6.07 Å². The van der Waals surface area contributed by atoms with Crippen LogP contribution in [-0.4, -0.2) is 17.0 Å². The molecule has 1 aromatic rings. The van der Waals surface area contributed by atoms with Gasteiger partial charge in [-0.2, -0.15) is 0 Å². The Morgan fingerprint density at radius 2 is 2.33 bits per heavy atom. The van der Waals surface area contributed by atoms with Gasteiger partial charge in [0.25, 0.3) is 0 Å². The summed E-state index contributed by atoms with van der Waals surface area (Å²) in [6.45, 7) is 1.32. The van der Waals surface area contributed by atoms with Gasteiger partial charge in [-0.1, -0.05) is 0 Å². The zero-order valence-corrected chi connectivity index (χ0v) is 7.07. The molecule has 1 rings (SSSR count). The van der Waals surface area contributed by atoms with Crippen molar-refractivity contribution in [3.05, 3.63) is 17.0 Å². The largest absolute Gasteiger partial charge is 0.478 e. The molecule has 1 heterocycles. The Labute approximate surface area is 72.8 Å². The monoisotopic (exact) mass is 184 g/mol. The molecule has 0 unspecified atom stereocenters. The summed E-state index contributed by atoms with van der Waals surface area (Å²) < 4.78 is 0. The molecule has 1 amide bonds. The topological polar surface area (TPSA) is 66.4 Å². The summed E-state index contributed by atoms with van der Waals surface area (Å²) in [5, 5.41) is 14.0. The maximum absolute atomic E-state index is 10.6. The second-order valence-corrected chi connectivity index (χ2v) is 2.94. The van der Waals surface area contributed by atoms with Crippen molar-refractivity contribution < 1.29 is 14.7 Å². The highest BCUT2D eigenvalue weighted by molar-refractivity contribution is 7.14. The third-order valence-corrected chi connectivity index (χ3v) is 1.89. The molecular formula is C7H6NO3S. The highest BCUT2D eigenvalue weighted by Gasteiger charge is 2.11. The van der Waals surface area contributed by atoms with Gasteiger partial charge in [-0.25, -0.2) is 4.79 Å². The molecule has 0 aliphatic carbocycles. The number of hydrogen-bond acceptors (Lipinski definition) is 3. The predicted molar refractivity (Wildman–Crippen MR) is 44.4 cm³/mol. The molecular weight excluding hydrogens is 178 g/mol. The van der Waals surface area contributed by atoms with Crippen molar-refractivity contribution >= 4 is 28.2 Å². The van der Waals surface area contributed by atoms with Crippen LogP contribution in [0.5, 0.6) is 0 Å². The molecule has 0 aliphatic heterocycles. The normalized spacial score (nSPS) is 9.42. The summed E-state index contributed by atoms with van der Waals surface area (Å²) in [4.78, 5) is 21.1. The highest BCUT2D eigenvalue weighted by Crippen LogP contribution is 2.22. The second kappa shape index (κ2) is 3.36. The van der Waals surface area contributed by atoms with Crippen LogP contribution >= 0.6 is 11.3 Å². The van der Waals surface area contributed by atoms with E-state index in [9.17, 15) is 9.59 Å². The van der Waals surface area contributed by atoms with E-state index >= 15 is 0 Å². The quantitative estimate of drug-likeness (QED) is 0.725. The molecule has 63 valence electrons. The van der Waals surface area contributed by atoms with Gasteiger partial charge in [0, 0.05) is 12.3 Å². The molecule has 0 fully saturated rings. The number of carbonyl (C=O) groups is 2. The lowest BCUT2D eigenvalue weighted by molar-refractivity contribution is -0.114. The molecule has 1 aromatic heterocycles. The third kappa shape index (κ3) is 1.82. The summed E-state index contributed by atoms with van der Waals surface area (Å²) in [7, 11) is 0. The van der Waals surface area contributed by atoms with Gasteiger partial charge in [0.05, 0.1) is 5.56 Å². The molecule has 0 aromatic carbocycles. The van der Waals surface area contributed by atoms with Crippen molar-refractivity contribution in [2.24, 2.45) is 0 Å². The van der Waals surface area contributed by atoms with Gasteiger partial charge in [0.15, 0.2) is 0 Å². The van der Waals surface area contributed by atoms with E-state index in [1.165, 1.54) is 13.0 Å². The average molecular weight is 184 g/mol. The maximum Gasteiger partial charge on any atom is 0.338 e.